The van der Waals surface area contributed by atoms with Crippen LogP contribution in [0.2, 0.25) is 5.15 Å². The van der Waals surface area contributed by atoms with Crippen LogP contribution in [0.3, 0.4) is 0 Å². The third kappa shape index (κ3) is 2.10. The molecule has 0 aliphatic rings. The number of halogens is 1. The van der Waals surface area contributed by atoms with Gasteiger partial charge in [-0.25, -0.2) is 9.97 Å². The molecule has 16 heavy (non-hydrogen) atoms. The van der Waals surface area contributed by atoms with Gasteiger partial charge in [-0.2, -0.15) is 5.26 Å². The fourth-order valence-electron chi connectivity index (χ4n) is 1.33. The molecule has 2 rings (SSSR count). The number of nitriles is 1. The second-order valence-corrected chi connectivity index (χ2v) is 3.51. The number of nitrogens with zero attached hydrogens (tertiary/aromatic N) is 3. The van der Waals surface area contributed by atoms with Gasteiger partial charge in [0.2, 0.25) is 5.95 Å². The number of hydrogen-bond acceptors (Lipinski definition) is 4. The Morgan fingerprint density at radius 3 is 2.75 bits per heavy atom. The second-order valence-electron chi connectivity index (χ2n) is 3.13. The molecular formula is C11H7ClN4. The molecule has 0 unspecified atom stereocenters. The second kappa shape index (κ2) is 4.17. The van der Waals surface area contributed by atoms with Crippen molar-refractivity contribution in [2.24, 2.45) is 0 Å². The first-order valence-corrected chi connectivity index (χ1v) is 4.87. The summed E-state index contributed by atoms with van der Waals surface area (Å²) in [6.07, 6.45) is 0. The summed E-state index contributed by atoms with van der Waals surface area (Å²) in [6.45, 7) is 0. The zero-order valence-electron chi connectivity index (χ0n) is 8.18. The van der Waals surface area contributed by atoms with Gasteiger partial charge in [0.25, 0.3) is 0 Å². The molecule has 1 heterocycles. The van der Waals surface area contributed by atoms with Gasteiger partial charge in [0, 0.05) is 11.6 Å². The summed E-state index contributed by atoms with van der Waals surface area (Å²) >= 11 is 5.78. The lowest BCUT2D eigenvalue weighted by Gasteiger charge is -2.02. The maximum atomic E-state index is 8.78. The Bertz CT molecular complexity index is 554. The molecule has 0 saturated carbocycles. The summed E-state index contributed by atoms with van der Waals surface area (Å²) in [5.41, 5.74) is 7.45. The minimum absolute atomic E-state index is 0.116. The predicted molar refractivity (Wildman–Crippen MR) is 61.6 cm³/mol. The number of aromatic nitrogens is 2. The third-order valence-corrected chi connectivity index (χ3v) is 2.19. The van der Waals surface area contributed by atoms with Crippen molar-refractivity contribution in [2.75, 3.05) is 5.73 Å². The molecule has 1 aromatic carbocycles. The molecule has 0 spiro atoms. The molecule has 0 atom stereocenters. The normalized spacial score (nSPS) is 9.75. The van der Waals surface area contributed by atoms with Crippen LogP contribution in [-0.2, 0) is 0 Å². The molecule has 0 aliphatic heterocycles. The van der Waals surface area contributed by atoms with Crippen molar-refractivity contribution < 1.29 is 0 Å². The van der Waals surface area contributed by atoms with E-state index in [4.69, 9.17) is 22.6 Å². The molecule has 2 N–H and O–H groups in total. The standard InChI is InChI=1S/C11H7ClN4/c12-10-5-9(15-11(14)16-10)8-3-1-2-7(4-8)6-13/h1-5H,(H2,14,15,16). The number of nitrogens with two attached hydrogens (primary N) is 1. The molecule has 1 aromatic heterocycles. The van der Waals surface area contributed by atoms with E-state index in [0.717, 1.165) is 5.56 Å². The largest absolute Gasteiger partial charge is 0.368 e. The van der Waals surface area contributed by atoms with E-state index in [1.807, 2.05) is 6.07 Å². The highest BCUT2D eigenvalue weighted by Crippen LogP contribution is 2.21. The van der Waals surface area contributed by atoms with Crippen molar-refractivity contribution in [3.63, 3.8) is 0 Å². The zero-order valence-corrected chi connectivity index (χ0v) is 8.94. The molecule has 78 valence electrons. The van der Waals surface area contributed by atoms with Gasteiger partial charge in [-0.15, -0.1) is 0 Å². The highest BCUT2D eigenvalue weighted by atomic mass is 35.5. The van der Waals surface area contributed by atoms with Gasteiger partial charge in [0.05, 0.1) is 17.3 Å². The van der Waals surface area contributed by atoms with Crippen molar-refractivity contribution in [3.8, 4) is 17.3 Å². The Morgan fingerprint density at radius 1 is 1.25 bits per heavy atom. The molecule has 2 aromatic rings. The maximum absolute atomic E-state index is 8.78. The Balaban J connectivity index is 2.54. The van der Waals surface area contributed by atoms with Crippen molar-refractivity contribution in [3.05, 3.63) is 41.0 Å². The molecule has 0 fully saturated rings. The van der Waals surface area contributed by atoms with Gasteiger partial charge >= 0.3 is 0 Å². The van der Waals surface area contributed by atoms with E-state index in [0.29, 0.717) is 11.3 Å². The smallest absolute Gasteiger partial charge is 0.221 e. The van der Waals surface area contributed by atoms with Crippen LogP contribution in [0, 0.1) is 11.3 Å². The first kappa shape index (κ1) is 10.4. The summed E-state index contributed by atoms with van der Waals surface area (Å²) < 4.78 is 0. The molecule has 5 heteroatoms. The van der Waals surface area contributed by atoms with E-state index >= 15 is 0 Å². The van der Waals surface area contributed by atoms with Crippen LogP contribution in [0.1, 0.15) is 5.56 Å². The van der Waals surface area contributed by atoms with E-state index < -0.39 is 0 Å². The monoisotopic (exact) mass is 230 g/mol. The highest BCUT2D eigenvalue weighted by Gasteiger charge is 2.04. The van der Waals surface area contributed by atoms with Gasteiger partial charge in [-0.1, -0.05) is 23.7 Å². The Hall–Kier alpha value is -2.12. The fourth-order valence-corrected chi connectivity index (χ4v) is 1.52. The Kier molecular flexibility index (Phi) is 2.71. The predicted octanol–water partition coefficient (Wildman–Crippen LogP) is 2.25. The molecule has 4 nitrogen and oxygen atoms in total. The average molecular weight is 231 g/mol. The van der Waals surface area contributed by atoms with Crippen LogP contribution < -0.4 is 5.73 Å². The van der Waals surface area contributed by atoms with Crippen molar-refractivity contribution >= 4 is 17.5 Å². The SMILES string of the molecule is N#Cc1cccc(-c2cc(Cl)nc(N)n2)c1. The van der Waals surface area contributed by atoms with Crippen molar-refractivity contribution in [2.45, 2.75) is 0 Å². The quantitative estimate of drug-likeness (QED) is 0.763. The van der Waals surface area contributed by atoms with Gasteiger partial charge in [0.1, 0.15) is 5.15 Å². The van der Waals surface area contributed by atoms with Crippen LogP contribution in [0.15, 0.2) is 30.3 Å². The lowest BCUT2D eigenvalue weighted by molar-refractivity contribution is 1.19. The molecule has 0 saturated heterocycles. The lowest BCUT2D eigenvalue weighted by Crippen LogP contribution is -1.96. The maximum Gasteiger partial charge on any atom is 0.221 e. The summed E-state index contributed by atoms with van der Waals surface area (Å²) in [6, 6.07) is 10.7. The summed E-state index contributed by atoms with van der Waals surface area (Å²) in [5, 5.41) is 9.07. The Labute approximate surface area is 97.3 Å². The molecule has 0 amide bonds. The summed E-state index contributed by atoms with van der Waals surface area (Å²) in [5.74, 6) is 0.116. The van der Waals surface area contributed by atoms with E-state index in [1.54, 1.807) is 24.3 Å². The molecule has 0 aliphatic carbocycles. The van der Waals surface area contributed by atoms with Crippen molar-refractivity contribution in [1.29, 1.82) is 5.26 Å². The van der Waals surface area contributed by atoms with Gasteiger partial charge in [0.15, 0.2) is 0 Å². The van der Waals surface area contributed by atoms with E-state index in [2.05, 4.69) is 16.0 Å². The first-order valence-electron chi connectivity index (χ1n) is 4.49. The summed E-state index contributed by atoms with van der Waals surface area (Å²) in [7, 11) is 0. The van der Waals surface area contributed by atoms with Crippen molar-refractivity contribution in [1.82, 2.24) is 9.97 Å². The highest BCUT2D eigenvalue weighted by molar-refractivity contribution is 6.29. The average Bonchev–Trinajstić information content (AvgIpc) is 2.28. The molecule has 0 bridgehead atoms. The third-order valence-electron chi connectivity index (χ3n) is 2.00. The van der Waals surface area contributed by atoms with Gasteiger partial charge in [-0.05, 0) is 12.1 Å². The minimum atomic E-state index is 0.116. The molecule has 0 radical (unpaired) electrons. The molecular weight excluding hydrogens is 224 g/mol. The summed E-state index contributed by atoms with van der Waals surface area (Å²) in [4.78, 5) is 7.82. The van der Waals surface area contributed by atoms with E-state index in [1.165, 1.54) is 0 Å². The number of hydrogen-bond donors (Lipinski definition) is 1. The van der Waals surface area contributed by atoms with Crippen LogP contribution in [0.5, 0.6) is 0 Å². The van der Waals surface area contributed by atoms with Crippen LogP contribution in [-0.4, -0.2) is 9.97 Å². The number of anilines is 1. The van der Waals surface area contributed by atoms with Gasteiger partial charge < -0.3 is 5.73 Å². The van der Waals surface area contributed by atoms with Gasteiger partial charge in [-0.3, -0.25) is 0 Å². The number of nitrogen functional groups attached to an aromatic ring is 1. The topological polar surface area (TPSA) is 75.6 Å². The van der Waals surface area contributed by atoms with Crippen LogP contribution in [0.25, 0.3) is 11.3 Å². The number of rotatable bonds is 1. The van der Waals surface area contributed by atoms with Crippen LogP contribution in [0.4, 0.5) is 5.95 Å². The minimum Gasteiger partial charge on any atom is -0.368 e. The zero-order chi connectivity index (χ0) is 11.5. The van der Waals surface area contributed by atoms with Crippen LogP contribution >= 0.6 is 11.6 Å². The van der Waals surface area contributed by atoms with E-state index in [9.17, 15) is 0 Å². The number of benzene rings is 1. The van der Waals surface area contributed by atoms with E-state index in [-0.39, 0.29) is 11.1 Å². The fraction of sp³-hybridized carbons (Fsp3) is 0. The lowest BCUT2D eigenvalue weighted by atomic mass is 10.1. The Morgan fingerprint density at radius 2 is 2.06 bits per heavy atom. The first-order chi connectivity index (χ1) is 7.69.